The first-order valence-corrected chi connectivity index (χ1v) is 11.9. The number of hydrogen-bond donors (Lipinski definition) is 1. The maximum Gasteiger partial charge on any atom is 0.417 e. The van der Waals surface area contributed by atoms with Crippen molar-refractivity contribution in [3.63, 3.8) is 0 Å². The van der Waals surface area contributed by atoms with Gasteiger partial charge in [0, 0.05) is 43.9 Å². The third-order valence-electron chi connectivity index (χ3n) is 6.32. The first-order chi connectivity index (χ1) is 18.5. The van der Waals surface area contributed by atoms with E-state index in [0.717, 1.165) is 12.1 Å². The van der Waals surface area contributed by atoms with E-state index in [4.69, 9.17) is 0 Å². The van der Waals surface area contributed by atoms with E-state index >= 15 is 0 Å². The van der Waals surface area contributed by atoms with E-state index in [0.29, 0.717) is 11.1 Å². The molecule has 9 nitrogen and oxygen atoms in total. The molecule has 1 fully saturated rings. The van der Waals surface area contributed by atoms with Gasteiger partial charge in [-0.1, -0.05) is 36.4 Å². The Kier molecular flexibility index (Phi) is 7.93. The molecule has 1 N–H and O–H groups in total. The highest BCUT2D eigenvalue weighted by Gasteiger charge is 2.36. The molecular formula is C27H23F3N4O5. The third kappa shape index (κ3) is 6.40. The zero-order chi connectivity index (χ0) is 28.2. The minimum absolute atomic E-state index is 0.0517. The number of amides is 3. The molecule has 0 radical (unpaired) electrons. The number of hydrogen-bond acceptors (Lipinski definition) is 5. The SMILES string of the molecule is O=C(NCC(=O)N1CCN(C(=O)c2ccccc2C(F)(F)F)CC1)c1ccc(-c2cccc([N+](=O)[O-])c2)cc1. The lowest BCUT2D eigenvalue weighted by atomic mass is 10.0. The highest BCUT2D eigenvalue weighted by atomic mass is 19.4. The molecule has 0 atom stereocenters. The predicted octanol–water partition coefficient (Wildman–Crippen LogP) is 4.00. The number of nitrogens with zero attached hydrogens (tertiary/aromatic N) is 3. The lowest BCUT2D eigenvalue weighted by Crippen LogP contribution is -2.52. The number of carbonyl (C=O) groups is 3. The van der Waals surface area contributed by atoms with Crippen molar-refractivity contribution in [1.29, 1.82) is 0 Å². The van der Waals surface area contributed by atoms with Crippen molar-refractivity contribution in [2.45, 2.75) is 6.18 Å². The molecule has 1 saturated heterocycles. The van der Waals surface area contributed by atoms with Crippen molar-refractivity contribution in [3.05, 3.63) is 99.6 Å². The normalized spacial score (nSPS) is 13.6. The van der Waals surface area contributed by atoms with E-state index in [1.54, 1.807) is 24.3 Å². The number of halogens is 3. The first-order valence-electron chi connectivity index (χ1n) is 11.9. The summed E-state index contributed by atoms with van der Waals surface area (Å²) in [5.41, 5.74) is 0.0882. The quantitative estimate of drug-likeness (QED) is 0.375. The summed E-state index contributed by atoms with van der Waals surface area (Å²) in [5, 5.41) is 13.5. The van der Waals surface area contributed by atoms with Crippen molar-refractivity contribution in [2.75, 3.05) is 32.7 Å². The number of nitrogens with one attached hydrogen (secondary N) is 1. The van der Waals surface area contributed by atoms with E-state index in [2.05, 4.69) is 5.32 Å². The Hall–Kier alpha value is -4.74. The summed E-state index contributed by atoms with van der Waals surface area (Å²) in [6, 6.07) is 17.0. The average molecular weight is 540 g/mol. The van der Waals surface area contributed by atoms with Crippen molar-refractivity contribution >= 4 is 23.4 Å². The van der Waals surface area contributed by atoms with E-state index in [-0.39, 0.29) is 49.9 Å². The number of benzene rings is 3. The number of non-ortho nitro benzene ring substituents is 1. The Morgan fingerprint density at radius 1 is 0.846 bits per heavy atom. The van der Waals surface area contributed by atoms with Gasteiger partial charge in [-0.25, -0.2) is 0 Å². The summed E-state index contributed by atoms with van der Waals surface area (Å²) in [5.74, 6) is -1.64. The van der Waals surface area contributed by atoms with Crippen LogP contribution in [0.3, 0.4) is 0 Å². The van der Waals surface area contributed by atoms with Crippen LogP contribution < -0.4 is 5.32 Å². The van der Waals surface area contributed by atoms with Gasteiger partial charge in [-0.15, -0.1) is 0 Å². The summed E-state index contributed by atoms with van der Waals surface area (Å²) in [4.78, 5) is 51.0. The van der Waals surface area contributed by atoms with Crippen LogP contribution in [0.1, 0.15) is 26.3 Å². The largest absolute Gasteiger partial charge is 0.417 e. The van der Waals surface area contributed by atoms with Crippen LogP contribution in [-0.2, 0) is 11.0 Å². The fraction of sp³-hybridized carbons (Fsp3) is 0.222. The van der Waals surface area contributed by atoms with E-state index < -0.39 is 34.0 Å². The second kappa shape index (κ2) is 11.3. The monoisotopic (exact) mass is 540 g/mol. The maximum atomic E-state index is 13.3. The zero-order valence-corrected chi connectivity index (χ0v) is 20.5. The van der Waals surface area contributed by atoms with Crippen LogP contribution in [0.15, 0.2) is 72.8 Å². The molecule has 0 aromatic heterocycles. The van der Waals surface area contributed by atoms with Crippen LogP contribution in [-0.4, -0.2) is 65.2 Å². The van der Waals surface area contributed by atoms with Crippen LogP contribution in [0.4, 0.5) is 18.9 Å². The first kappa shape index (κ1) is 27.3. The van der Waals surface area contributed by atoms with Gasteiger partial charge in [0.1, 0.15) is 0 Å². The highest BCUT2D eigenvalue weighted by Crippen LogP contribution is 2.32. The van der Waals surface area contributed by atoms with Crippen molar-refractivity contribution in [2.24, 2.45) is 0 Å². The fourth-order valence-corrected chi connectivity index (χ4v) is 4.23. The molecule has 202 valence electrons. The minimum Gasteiger partial charge on any atom is -0.343 e. The van der Waals surface area contributed by atoms with E-state index in [1.807, 2.05) is 0 Å². The van der Waals surface area contributed by atoms with Crippen LogP contribution in [0, 0.1) is 10.1 Å². The Bertz CT molecular complexity index is 1400. The molecular weight excluding hydrogens is 517 g/mol. The number of nitro groups is 1. The highest BCUT2D eigenvalue weighted by molar-refractivity contribution is 5.97. The molecule has 0 spiro atoms. The molecule has 0 unspecified atom stereocenters. The van der Waals surface area contributed by atoms with Gasteiger partial charge in [0.25, 0.3) is 17.5 Å². The molecule has 3 aromatic rings. The molecule has 3 aromatic carbocycles. The summed E-state index contributed by atoms with van der Waals surface area (Å²) in [6.07, 6.45) is -4.66. The number of piperazine rings is 1. The van der Waals surface area contributed by atoms with Gasteiger partial charge in [0.05, 0.1) is 22.6 Å². The summed E-state index contributed by atoms with van der Waals surface area (Å²) in [6.45, 7) is 0.0586. The van der Waals surface area contributed by atoms with Gasteiger partial charge < -0.3 is 15.1 Å². The smallest absolute Gasteiger partial charge is 0.343 e. The Morgan fingerprint density at radius 3 is 2.13 bits per heavy atom. The molecule has 0 saturated carbocycles. The fourth-order valence-electron chi connectivity index (χ4n) is 4.23. The second-order valence-corrected chi connectivity index (χ2v) is 8.78. The summed E-state index contributed by atoms with van der Waals surface area (Å²) < 4.78 is 39.8. The Balaban J connectivity index is 1.29. The summed E-state index contributed by atoms with van der Waals surface area (Å²) in [7, 11) is 0. The molecule has 1 heterocycles. The van der Waals surface area contributed by atoms with Gasteiger partial charge in [-0.3, -0.25) is 24.5 Å². The van der Waals surface area contributed by atoms with Gasteiger partial charge in [0.2, 0.25) is 5.91 Å². The number of rotatable bonds is 6. The van der Waals surface area contributed by atoms with Crippen molar-refractivity contribution in [3.8, 4) is 11.1 Å². The Morgan fingerprint density at radius 2 is 1.49 bits per heavy atom. The van der Waals surface area contributed by atoms with Crippen molar-refractivity contribution in [1.82, 2.24) is 15.1 Å². The lowest BCUT2D eigenvalue weighted by molar-refractivity contribution is -0.384. The molecule has 1 aliphatic rings. The third-order valence-corrected chi connectivity index (χ3v) is 6.32. The predicted molar refractivity (Wildman–Crippen MR) is 135 cm³/mol. The maximum absolute atomic E-state index is 13.3. The summed E-state index contributed by atoms with van der Waals surface area (Å²) >= 11 is 0. The van der Waals surface area contributed by atoms with Gasteiger partial charge >= 0.3 is 6.18 Å². The van der Waals surface area contributed by atoms with Gasteiger partial charge in [0.15, 0.2) is 0 Å². The molecule has 3 amide bonds. The van der Waals surface area contributed by atoms with Crippen LogP contribution in [0.2, 0.25) is 0 Å². The zero-order valence-electron chi connectivity index (χ0n) is 20.5. The second-order valence-electron chi connectivity index (χ2n) is 8.78. The molecule has 4 rings (SSSR count). The minimum atomic E-state index is -4.66. The number of alkyl halides is 3. The van der Waals surface area contributed by atoms with E-state index in [9.17, 15) is 37.7 Å². The molecule has 0 aliphatic carbocycles. The molecule has 0 bridgehead atoms. The Labute approximate surface area is 221 Å². The van der Waals surface area contributed by atoms with Crippen LogP contribution >= 0.6 is 0 Å². The van der Waals surface area contributed by atoms with E-state index in [1.165, 1.54) is 46.2 Å². The molecule has 39 heavy (non-hydrogen) atoms. The average Bonchev–Trinajstić information content (AvgIpc) is 2.95. The van der Waals surface area contributed by atoms with Gasteiger partial charge in [-0.2, -0.15) is 13.2 Å². The standard InChI is InChI=1S/C27H23F3N4O5/c28-27(29,30)23-7-2-1-6-22(23)26(37)33-14-12-32(13-15-33)24(35)17-31-25(36)19-10-8-18(9-11-19)20-4-3-5-21(16-20)34(38)39/h1-11,16H,12-15,17H2,(H,31,36). The molecule has 12 heteroatoms. The number of nitro benzene ring substituents is 1. The molecule has 1 aliphatic heterocycles. The van der Waals surface area contributed by atoms with Crippen LogP contribution in [0.25, 0.3) is 11.1 Å². The number of carbonyl (C=O) groups excluding carboxylic acids is 3. The van der Waals surface area contributed by atoms with Gasteiger partial charge in [-0.05, 0) is 35.4 Å². The lowest BCUT2D eigenvalue weighted by Gasteiger charge is -2.35. The van der Waals surface area contributed by atoms with Crippen molar-refractivity contribution < 1.29 is 32.5 Å². The van der Waals surface area contributed by atoms with Crippen LogP contribution in [0.5, 0.6) is 0 Å². The topological polar surface area (TPSA) is 113 Å².